The van der Waals surface area contributed by atoms with Gasteiger partial charge in [0.15, 0.2) is 11.5 Å². The molecule has 3 rings (SSSR count). The van der Waals surface area contributed by atoms with E-state index >= 15 is 0 Å². The van der Waals surface area contributed by atoms with Crippen LogP contribution in [-0.4, -0.2) is 57.4 Å². The van der Waals surface area contributed by atoms with Gasteiger partial charge in [-0.25, -0.2) is 0 Å². The van der Waals surface area contributed by atoms with Crippen LogP contribution in [0.1, 0.15) is 35.1 Å². The summed E-state index contributed by atoms with van der Waals surface area (Å²) >= 11 is 8.10. The summed E-state index contributed by atoms with van der Waals surface area (Å²) in [4.78, 5) is 16.5. The third-order valence-electron chi connectivity index (χ3n) is 4.87. The van der Waals surface area contributed by atoms with Gasteiger partial charge in [-0.3, -0.25) is 9.69 Å². The van der Waals surface area contributed by atoms with E-state index in [1.807, 2.05) is 6.07 Å². The molecule has 1 aromatic carbocycles. The standard InChI is InChI=1S/C22H29ClN2O4S/c1-15(2)14-29-21-17(23)11-16(12-19(21)27-3)22(26)24-13-18(20-5-4-10-30-20)25-6-8-28-9-7-25/h4-5,10-12,15,18H,6-9,13-14H2,1-3H3,(H,24,26). The predicted octanol–water partition coefficient (Wildman–Crippen LogP) is 4.25. The van der Waals surface area contributed by atoms with E-state index in [9.17, 15) is 4.79 Å². The van der Waals surface area contributed by atoms with Gasteiger partial charge in [0, 0.05) is 30.1 Å². The van der Waals surface area contributed by atoms with Crippen LogP contribution in [0.2, 0.25) is 5.02 Å². The van der Waals surface area contributed by atoms with Crippen molar-refractivity contribution in [2.45, 2.75) is 19.9 Å². The zero-order chi connectivity index (χ0) is 21.5. The molecule has 1 saturated heterocycles. The van der Waals surface area contributed by atoms with Crippen molar-refractivity contribution in [3.05, 3.63) is 45.1 Å². The van der Waals surface area contributed by atoms with Crippen molar-refractivity contribution in [3.63, 3.8) is 0 Å². The van der Waals surface area contributed by atoms with Gasteiger partial charge in [0.2, 0.25) is 0 Å². The molecule has 1 aromatic heterocycles. The van der Waals surface area contributed by atoms with Crippen molar-refractivity contribution in [2.24, 2.45) is 5.92 Å². The molecule has 0 spiro atoms. The van der Waals surface area contributed by atoms with Crippen LogP contribution in [-0.2, 0) is 4.74 Å². The summed E-state index contributed by atoms with van der Waals surface area (Å²) in [6, 6.07) is 7.56. The fraction of sp³-hybridized carbons (Fsp3) is 0.500. The predicted molar refractivity (Wildman–Crippen MR) is 120 cm³/mol. The Balaban J connectivity index is 1.71. The number of carbonyl (C=O) groups is 1. The lowest BCUT2D eigenvalue weighted by atomic mass is 10.1. The van der Waals surface area contributed by atoms with Crippen LogP contribution in [0, 0.1) is 5.92 Å². The molecule has 30 heavy (non-hydrogen) atoms. The zero-order valence-corrected chi connectivity index (χ0v) is 19.2. The highest BCUT2D eigenvalue weighted by Crippen LogP contribution is 2.36. The molecular formula is C22H29ClN2O4S. The number of methoxy groups -OCH3 is 1. The molecule has 2 heterocycles. The molecule has 0 bridgehead atoms. The van der Waals surface area contributed by atoms with Gasteiger partial charge in [0.25, 0.3) is 5.91 Å². The molecule has 1 atom stereocenters. The van der Waals surface area contributed by atoms with Crippen molar-refractivity contribution in [3.8, 4) is 11.5 Å². The zero-order valence-electron chi connectivity index (χ0n) is 17.7. The maximum Gasteiger partial charge on any atom is 0.251 e. The van der Waals surface area contributed by atoms with Crippen LogP contribution in [0.15, 0.2) is 29.6 Å². The second-order valence-corrected chi connectivity index (χ2v) is 8.97. The lowest BCUT2D eigenvalue weighted by Gasteiger charge is -2.34. The molecular weight excluding hydrogens is 424 g/mol. The van der Waals surface area contributed by atoms with Gasteiger partial charge in [-0.1, -0.05) is 31.5 Å². The molecule has 0 radical (unpaired) electrons. The first kappa shape index (κ1) is 22.9. The topological polar surface area (TPSA) is 60.0 Å². The van der Waals surface area contributed by atoms with Gasteiger partial charge >= 0.3 is 0 Å². The van der Waals surface area contributed by atoms with Crippen molar-refractivity contribution in [2.75, 3.05) is 46.6 Å². The maximum absolute atomic E-state index is 12.9. The lowest BCUT2D eigenvalue weighted by Crippen LogP contribution is -2.43. The smallest absolute Gasteiger partial charge is 0.251 e. The highest BCUT2D eigenvalue weighted by Gasteiger charge is 2.24. The number of morpholine rings is 1. The number of rotatable bonds is 9. The highest BCUT2D eigenvalue weighted by molar-refractivity contribution is 7.10. The largest absolute Gasteiger partial charge is 0.493 e. The average molecular weight is 453 g/mol. The number of nitrogens with zero attached hydrogens (tertiary/aromatic N) is 1. The summed E-state index contributed by atoms with van der Waals surface area (Å²) in [5.74, 6) is 1.08. The lowest BCUT2D eigenvalue weighted by molar-refractivity contribution is 0.0169. The van der Waals surface area contributed by atoms with E-state index in [4.69, 9.17) is 25.8 Å². The Morgan fingerprint density at radius 2 is 2.10 bits per heavy atom. The molecule has 1 amide bonds. The molecule has 6 nitrogen and oxygen atoms in total. The SMILES string of the molecule is COc1cc(C(=O)NCC(c2cccs2)N2CCOCC2)cc(Cl)c1OCC(C)C. The number of hydrogen-bond acceptors (Lipinski definition) is 6. The summed E-state index contributed by atoms with van der Waals surface area (Å²) in [5, 5.41) is 5.49. The molecule has 0 aliphatic carbocycles. The number of thiophene rings is 1. The Bertz CT molecular complexity index is 823. The van der Waals surface area contributed by atoms with Gasteiger partial charge in [0.05, 0.1) is 38.0 Å². The highest BCUT2D eigenvalue weighted by atomic mass is 35.5. The summed E-state index contributed by atoms with van der Waals surface area (Å²) < 4.78 is 16.7. The average Bonchev–Trinajstić information content (AvgIpc) is 3.27. The molecule has 1 N–H and O–H groups in total. The van der Waals surface area contributed by atoms with E-state index in [2.05, 4.69) is 35.5 Å². The fourth-order valence-corrected chi connectivity index (χ4v) is 4.44. The molecule has 1 fully saturated rings. The summed E-state index contributed by atoms with van der Waals surface area (Å²) in [6.45, 7) is 8.25. The second-order valence-electron chi connectivity index (χ2n) is 7.58. The quantitative estimate of drug-likeness (QED) is 0.616. The number of amides is 1. The number of nitrogens with one attached hydrogen (secondary N) is 1. The molecule has 8 heteroatoms. The van der Waals surface area contributed by atoms with Crippen LogP contribution in [0.25, 0.3) is 0 Å². The van der Waals surface area contributed by atoms with Gasteiger partial charge < -0.3 is 19.5 Å². The molecule has 0 saturated carbocycles. The Labute approximate surface area is 187 Å². The van der Waals surface area contributed by atoms with E-state index in [1.54, 1.807) is 30.6 Å². The molecule has 2 aromatic rings. The molecule has 1 aliphatic rings. The van der Waals surface area contributed by atoms with Crippen molar-refractivity contribution in [1.29, 1.82) is 0 Å². The Morgan fingerprint density at radius 1 is 1.33 bits per heavy atom. The molecule has 1 aliphatic heterocycles. The third-order valence-corrected chi connectivity index (χ3v) is 6.12. The van der Waals surface area contributed by atoms with Crippen LogP contribution in [0.3, 0.4) is 0 Å². The first-order valence-electron chi connectivity index (χ1n) is 10.1. The second kappa shape index (κ2) is 11.0. The first-order valence-corrected chi connectivity index (χ1v) is 11.4. The molecule has 1 unspecified atom stereocenters. The summed E-state index contributed by atoms with van der Waals surface area (Å²) in [7, 11) is 1.54. The summed E-state index contributed by atoms with van der Waals surface area (Å²) in [6.07, 6.45) is 0. The number of ether oxygens (including phenoxy) is 3. The van der Waals surface area contributed by atoms with E-state index < -0.39 is 0 Å². The first-order chi connectivity index (χ1) is 14.5. The monoisotopic (exact) mass is 452 g/mol. The summed E-state index contributed by atoms with van der Waals surface area (Å²) in [5.41, 5.74) is 0.445. The maximum atomic E-state index is 12.9. The van der Waals surface area contributed by atoms with E-state index in [-0.39, 0.29) is 11.9 Å². The number of hydrogen-bond donors (Lipinski definition) is 1. The van der Waals surface area contributed by atoms with E-state index in [1.165, 1.54) is 4.88 Å². The Hall–Kier alpha value is -1.80. The van der Waals surface area contributed by atoms with Gasteiger partial charge in [-0.2, -0.15) is 0 Å². The third kappa shape index (κ3) is 5.88. The van der Waals surface area contributed by atoms with Gasteiger partial charge in [0.1, 0.15) is 0 Å². The van der Waals surface area contributed by atoms with Gasteiger partial charge in [-0.05, 0) is 29.5 Å². The minimum absolute atomic E-state index is 0.115. The van der Waals surface area contributed by atoms with Crippen LogP contribution < -0.4 is 14.8 Å². The normalized spacial score (nSPS) is 15.8. The Morgan fingerprint density at radius 3 is 2.73 bits per heavy atom. The number of benzene rings is 1. The van der Waals surface area contributed by atoms with E-state index in [0.29, 0.717) is 54.4 Å². The number of halogens is 1. The number of carbonyl (C=O) groups excluding carboxylic acids is 1. The Kier molecular flexibility index (Phi) is 8.39. The van der Waals surface area contributed by atoms with Crippen LogP contribution in [0.4, 0.5) is 0 Å². The minimum Gasteiger partial charge on any atom is -0.493 e. The van der Waals surface area contributed by atoms with Crippen molar-refractivity contribution in [1.82, 2.24) is 10.2 Å². The van der Waals surface area contributed by atoms with E-state index in [0.717, 1.165) is 13.1 Å². The van der Waals surface area contributed by atoms with Crippen molar-refractivity contribution >= 4 is 28.8 Å². The molecule has 164 valence electrons. The van der Waals surface area contributed by atoms with Gasteiger partial charge in [-0.15, -0.1) is 11.3 Å². The minimum atomic E-state index is -0.194. The van der Waals surface area contributed by atoms with Crippen LogP contribution >= 0.6 is 22.9 Å². The fourth-order valence-electron chi connectivity index (χ4n) is 3.31. The van der Waals surface area contributed by atoms with Crippen molar-refractivity contribution < 1.29 is 19.0 Å². The van der Waals surface area contributed by atoms with Crippen LogP contribution in [0.5, 0.6) is 11.5 Å².